The van der Waals surface area contributed by atoms with Gasteiger partial charge in [-0.25, -0.2) is 0 Å². The molecule has 1 amide bonds. The number of amides is 1. The summed E-state index contributed by atoms with van der Waals surface area (Å²) in [6, 6.07) is 17.6. The van der Waals surface area contributed by atoms with Crippen molar-refractivity contribution in [3.8, 4) is 6.07 Å². The summed E-state index contributed by atoms with van der Waals surface area (Å²) in [6.45, 7) is 3.93. The van der Waals surface area contributed by atoms with Crippen LogP contribution in [0.2, 0.25) is 5.02 Å². The predicted molar refractivity (Wildman–Crippen MR) is 120 cm³/mol. The highest BCUT2D eigenvalue weighted by Gasteiger charge is 2.33. The van der Waals surface area contributed by atoms with Gasteiger partial charge in [0.25, 0.3) is 5.91 Å². The first-order chi connectivity index (χ1) is 14.6. The van der Waals surface area contributed by atoms with E-state index in [0.29, 0.717) is 17.0 Å². The molecule has 156 valence electrons. The van der Waals surface area contributed by atoms with Gasteiger partial charge >= 0.3 is 0 Å². The van der Waals surface area contributed by atoms with Crippen molar-refractivity contribution in [2.24, 2.45) is 5.92 Å². The van der Waals surface area contributed by atoms with Crippen molar-refractivity contribution in [1.82, 2.24) is 9.80 Å². The van der Waals surface area contributed by atoms with Crippen LogP contribution in [0.4, 0.5) is 0 Å². The Morgan fingerprint density at radius 2 is 1.83 bits per heavy atom. The van der Waals surface area contributed by atoms with Gasteiger partial charge in [0.05, 0.1) is 11.6 Å². The second kappa shape index (κ2) is 9.64. The fourth-order valence-corrected chi connectivity index (χ4v) is 4.38. The summed E-state index contributed by atoms with van der Waals surface area (Å²) in [5.74, 6) is 0.731. The monoisotopic (exact) mass is 421 g/mol. The topological polar surface area (TPSA) is 47.3 Å². The van der Waals surface area contributed by atoms with Crippen LogP contribution in [0, 0.1) is 17.2 Å². The van der Waals surface area contributed by atoms with Crippen molar-refractivity contribution in [2.75, 3.05) is 26.2 Å². The van der Waals surface area contributed by atoms with Crippen LogP contribution in [0.15, 0.2) is 48.5 Å². The molecule has 5 heteroatoms. The Kier molecular flexibility index (Phi) is 6.72. The van der Waals surface area contributed by atoms with Crippen LogP contribution < -0.4 is 0 Å². The number of carbonyl (C=O) groups excluding carboxylic acids is 1. The minimum absolute atomic E-state index is 0.0821. The predicted octanol–water partition coefficient (Wildman–Crippen LogP) is 4.77. The summed E-state index contributed by atoms with van der Waals surface area (Å²) < 4.78 is 0. The fourth-order valence-electron chi connectivity index (χ4n) is 4.26. The molecular formula is C25H28ClN3O. The van der Waals surface area contributed by atoms with Gasteiger partial charge in [-0.05, 0) is 73.9 Å². The highest BCUT2D eigenvalue weighted by molar-refractivity contribution is 6.30. The Bertz CT molecular complexity index is 909. The average Bonchev–Trinajstić information content (AvgIpc) is 3.61. The first kappa shape index (κ1) is 20.9. The van der Waals surface area contributed by atoms with Crippen LogP contribution >= 0.6 is 11.6 Å². The van der Waals surface area contributed by atoms with Crippen molar-refractivity contribution in [2.45, 2.75) is 38.1 Å². The molecule has 2 aromatic rings. The number of hydrogen-bond acceptors (Lipinski definition) is 3. The molecule has 0 spiro atoms. The molecule has 1 heterocycles. The maximum absolute atomic E-state index is 13.3. The number of carbonyl (C=O) groups is 1. The number of benzene rings is 2. The third-order valence-electron chi connectivity index (χ3n) is 6.28. The number of piperidine rings is 1. The first-order valence-electron chi connectivity index (χ1n) is 10.9. The van der Waals surface area contributed by atoms with Crippen LogP contribution in [0.3, 0.4) is 0 Å². The van der Waals surface area contributed by atoms with Gasteiger partial charge in [0, 0.05) is 42.8 Å². The highest BCUT2D eigenvalue weighted by atomic mass is 35.5. The van der Waals surface area contributed by atoms with E-state index in [2.05, 4.69) is 28.0 Å². The third kappa shape index (κ3) is 5.41. The lowest BCUT2D eigenvalue weighted by Crippen LogP contribution is -2.48. The van der Waals surface area contributed by atoms with Gasteiger partial charge in [0.2, 0.25) is 0 Å². The Labute approximate surface area is 184 Å². The molecule has 4 nitrogen and oxygen atoms in total. The van der Waals surface area contributed by atoms with Crippen LogP contribution in [0.25, 0.3) is 0 Å². The lowest BCUT2D eigenvalue weighted by molar-refractivity contribution is 0.0560. The van der Waals surface area contributed by atoms with Gasteiger partial charge in [0.15, 0.2) is 0 Å². The maximum Gasteiger partial charge on any atom is 0.254 e. The summed E-state index contributed by atoms with van der Waals surface area (Å²) in [5.41, 5.74) is 2.49. The summed E-state index contributed by atoms with van der Waals surface area (Å²) in [4.78, 5) is 17.9. The average molecular weight is 422 g/mol. The van der Waals surface area contributed by atoms with Crippen molar-refractivity contribution >= 4 is 17.5 Å². The number of halogens is 1. The summed E-state index contributed by atoms with van der Waals surface area (Å²) in [6.07, 6.45) is 5.49. The van der Waals surface area contributed by atoms with E-state index in [-0.39, 0.29) is 11.9 Å². The zero-order valence-electron chi connectivity index (χ0n) is 17.3. The lowest BCUT2D eigenvalue weighted by Gasteiger charge is -2.39. The summed E-state index contributed by atoms with van der Waals surface area (Å²) in [5, 5.41) is 9.95. The molecule has 0 N–H and O–H groups in total. The molecule has 30 heavy (non-hydrogen) atoms. The summed E-state index contributed by atoms with van der Waals surface area (Å²) in [7, 11) is 0. The number of rotatable bonds is 7. The number of nitrogens with zero attached hydrogens (tertiary/aromatic N) is 3. The van der Waals surface area contributed by atoms with E-state index < -0.39 is 0 Å². The molecule has 0 unspecified atom stereocenters. The number of likely N-dealkylation sites (tertiary alicyclic amines) is 1. The Morgan fingerprint density at radius 1 is 1.10 bits per heavy atom. The van der Waals surface area contributed by atoms with Gasteiger partial charge in [0.1, 0.15) is 0 Å². The zero-order chi connectivity index (χ0) is 20.9. The maximum atomic E-state index is 13.3. The number of nitriles is 1. The zero-order valence-corrected chi connectivity index (χ0v) is 18.0. The molecular weight excluding hydrogens is 394 g/mol. The van der Waals surface area contributed by atoms with Crippen LogP contribution in [-0.4, -0.2) is 47.9 Å². The molecule has 0 atom stereocenters. The van der Waals surface area contributed by atoms with Gasteiger partial charge < -0.3 is 9.80 Å². The third-order valence-corrected chi connectivity index (χ3v) is 6.53. The van der Waals surface area contributed by atoms with Crippen molar-refractivity contribution in [3.63, 3.8) is 0 Å². The van der Waals surface area contributed by atoms with E-state index in [1.165, 1.54) is 18.4 Å². The molecule has 2 fully saturated rings. The Balaban J connectivity index is 1.35. The van der Waals surface area contributed by atoms with E-state index in [0.717, 1.165) is 50.5 Å². The molecule has 1 aliphatic carbocycles. The molecule has 1 saturated carbocycles. The van der Waals surface area contributed by atoms with Crippen LogP contribution in [-0.2, 0) is 6.42 Å². The van der Waals surface area contributed by atoms with E-state index in [4.69, 9.17) is 11.6 Å². The summed E-state index contributed by atoms with van der Waals surface area (Å²) >= 11 is 5.97. The van der Waals surface area contributed by atoms with Gasteiger partial charge in [-0.15, -0.1) is 0 Å². The van der Waals surface area contributed by atoms with E-state index in [1.54, 1.807) is 18.2 Å². The molecule has 1 saturated heterocycles. The standard InChI is InChI=1S/C25H28ClN3O/c26-23-8-6-19(7-9-23)10-13-28-14-11-24(12-15-28)29(18-20-4-5-20)25(30)22-3-1-2-21(16-22)17-27/h1-3,6-9,16,20,24H,4-5,10-15,18H2. The molecule has 2 aromatic carbocycles. The van der Waals surface area contributed by atoms with Crippen LogP contribution in [0.5, 0.6) is 0 Å². The second-order valence-electron chi connectivity index (χ2n) is 8.54. The highest BCUT2D eigenvalue weighted by Crippen LogP contribution is 2.32. The fraction of sp³-hybridized carbons (Fsp3) is 0.440. The van der Waals surface area contributed by atoms with Gasteiger partial charge in [-0.1, -0.05) is 29.8 Å². The van der Waals surface area contributed by atoms with Crippen molar-refractivity contribution in [3.05, 3.63) is 70.2 Å². The first-order valence-corrected chi connectivity index (χ1v) is 11.3. The van der Waals surface area contributed by atoms with Gasteiger partial charge in [-0.3, -0.25) is 4.79 Å². The molecule has 4 rings (SSSR count). The Morgan fingerprint density at radius 3 is 2.50 bits per heavy atom. The van der Waals surface area contributed by atoms with Gasteiger partial charge in [-0.2, -0.15) is 5.26 Å². The molecule has 1 aliphatic heterocycles. The Hall–Kier alpha value is -2.35. The van der Waals surface area contributed by atoms with E-state index >= 15 is 0 Å². The quantitative estimate of drug-likeness (QED) is 0.646. The van der Waals surface area contributed by atoms with E-state index in [9.17, 15) is 10.1 Å². The minimum Gasteiger partial charge on any atom is -0.335 e. The lowest BCUT2D eigenvalue weighted by atomic mass is 10.00. The SMILES string of the molecule is N#Cc1cccc(C(=O)N(CC2CC2)C2CCN(CCc3ccc(Cl)cc3)CC2)c1. The minimum atomic E-state index is 0.0821. The van der Waals surface area contributed by atoms with Crippen LogP contribution in [0.1, 0.15) is 47.2 Å². The van der Waals surface area contributed by atoms with Crippen molar-refractivity contribution in [1.29, 1.82) is 5.26 Å². The smallest absolute Gasteiger partial charge is 0.254 e. The number of hydrogen-bond donors (Lipinski definition) is 0. The van der Waals surface area contributed by atoms with E-state index in [1.807, 2.05) is 18.2 Å². The second-order valence-corrected chi connectivity index (χ2v) is 8.98. The normalized spacial score (nSPS) is 17.5. The molecule has 2 aliphatic rings. The molecule has 0 bridgehead atoms. The molecule has 0 aromatic heterocycles. The van der Waals surface area contributed by atoms with Crippen molar-refractivity contribution < 1.29 is 4.79 Å². The largest absolute Gasteiger partial charge is 0.335 e. The molecule has 0 radical (unpaired) electrons.